The molecule has 0 radical (unpaired) electrons. The summed E-state index contributed by atoms with van der Waals surface area (Å²) in [6.45, 7) is 8.14. The van der Waals surface area contributed by atoms with E-state index in [9.17, 15) is 9.59 Å². The minimum atomic E-state index is -0.219. The van der Waals surface area contributed by atoms with Crippen LogP contribution in [0.15, 0.2) is 0 Å². The highest BCUT2D eigenvalue weighted by atomic mass is 16.2. The van der Waals surface area contributed by atoms with Gasteiger partial charge >= 0.3 is 0 Å². The number of nitrogens with one attached hydrogen (secondary N) is 3. The quantitative estimate of drug-likeness (QED) is 0.671. The molecule has 2 rings (SSSR count). The summed E-state index contributed by atoms with van der Waals surface area (Å²) in [6.07, 6.45) is 1.61. The molecule has 8 heteroatoms. The first-order valence-corrected chi connectivity index (χ1v) is 8.14. The third kappa shape index (κ3) is 5.02. The Kier molecular flexibility index (Phi) is 6.09. The number of nitrogens with zero attached hydrogens (tertiary/aromatic N) is 3. The molecule has 0 aromatic carbocycles. The largest absolute Gasteiger partial charge is 0.347 e. The van der Waals surface area contributed by atoms with Gasteiger partial charge in [-0.3, -0.25) is 9.59 Å². The molecular formula is C15H26N6O2. The zero-order valence-electron chi connectivity index (χ0n) is 14.1. The van der Waals surface area contributed by atoms with Crippen LogP contribution in [0, 0.1) is 5.92 Å². The molecule has 1 aliphatic rings. The van der Waals surface area contributed by atoms with E-state index in [0.29, 0.717) is 5.92 Å². The molecule has 2 amide bonds. The molecule has 1 aromatic heterocycles. The summed E-state index contributed by atoms with van der Waals surface area (Å²) in [5.74, 6) is 1.72. The standard InChI is InChI=1S/C15H26N6O2/c1-10(2)8-12(18-14(23)9-17-11(3)22)15-20-19-13-4-5-16-6-7-21(13)15/h10,12,16H,4-9H2,1-3H3,(H,17,22)(H,18,23). The Morgan fingerprint density at radius 2 is 2.09 bits per heavy atom. The number of fused-ring (bicyclic) bond motifs is 1. The van der Waals surface area contributed by atoms with Crippen LogP contribution in [0.5, 0.6) is 0 Å². The van der Waals surface area contributed by atoms with E-state index in [1.165, 1.54) is 6.92 Å². The SMILES string of the molecule is CC(=O)NCC(=O)NC(CC(C)C)c1nnc2n1CCNCC2. The highest BCUT2D eigenvalue weighted by molar-refractivity contribution is 5.83. The third-order valence-electron chi connectivity index (χ3n) is 3.75. The van der Waals surface area contributed by atoms with Gasteiger partial charge in [0.2, 0.25) is 11.8 Å². The summed E-state index contributed by atoms with van der Waals surface area (Å²) in [5.41, 5.74) is 0. The van der Waals surface area contributed by atoms with Gasteiger partial charge in [0.05, 0.1) is 12.6 Å². The average molecular weight is 322 g/mol. The van der Waals surface area contributed by atoms with Crippen molar-refractivity contribution >= 4 is 11.8 Å². The van der Waals surface area contributed by atoms with Crippen LogP contribution in [0.4, 0.5) is 0 Å². The second kappa shape index (κ2) is 8.05. The number of hydrogen-bond donors (Lipinski definition) is 3. The lowest BCUT2D eigenvalue weighted by Gasteiger charge is -2.21. The molecule has 1 aromatic rings. The summed E-state index contributed by atoms with van der Waals surface area (Å²) < 4.78 is 2.10. The molecule has 23 heavy (non-hydrogen) atoms. The fourth-order valence-corrected chi connectivity index (χ4v) is 2.70. The van der Waals surface area contributed by atoms with Crippen LogP contribution in [-0.2, 0) is 22.6 Å². The van der Waals surface area contributed by atoms with E-state index in [1.807, 2.05) is 0 Å². The first-order valence-electron chi connectivity index (χ1n) is 8.14. The van der Waals surface area contributed by atoms with Crippen LogP contribution < -0.4 is 16.0 Å². The van der Waals surface area contributed by atoms with Gasteiger partial charge in [0.25, 0.3) is 0 Å². The van der Waals surface area contributed by atoms with Crippen molar-refractivity contribution in [1.82, 2.24) is 30.7 Å². The van der Waals surface area contributed by atoms with Crippen LogP contribution in [0.25, 0.3) is 0 Å². The molecule has 0 aliphatic carbocycles. The Morgan fingerprint density at radius 1 is 1.30 bits per heavy atom. The Bertz CT molecular complexity index is 554. The third-order valence-corrected chi connectivity index (χ3v) is 3.75. The molecule has 0 spiro atoms. The monoisotopic (exact) mass is 322 g/mol. The highest BCUT2D eigenvalue weighted by Crippen LogP contribution is 2.21. The second-order valence-electron chi connectivity index (χ2n) is 6.29. The van der Waals surface area contributed by atoms with Crippen LogP contribution in [0.3, 0.4) is 0 Å². The van der Waals surface area contributed by atoms with Gasteiger partial charge in [-0.1, -0.05) is 13.8 Å². The molecule has 0 saturated carbocycles. The van der Waals surface area contributed by atoms with E-state index in [1.54, 1.807) is 0 Å². The average Bonchev–Trinajstić information content (AvgIpc) is 2.73. The van der Waals surface area contributed by atoms with Crippen LogP contribution in [0.1, 0.15) is 44.9 Å². The van der Waals surface area contributed by atoms with E-state index in [-0.39, 0.29) is 24.4 Å². The van der Waals surface area contributed by atoms with Crippen molar-refractivity contribution in [3.63, 3.8) is 0 Å². The lowest BCUT2D eigenvalue weighted by molar-refractivity contribution is -0.125. The Hall–Kier alpha value is -1.96. The molecule has 1 aliphatic heterocycles. The Labute approximate surface area is 136 Å². The number of hydrogen-bond acceptors (Lipinski definition) is 5. The number of carbonyl (C=O) groups is 2. The van der Waals surface area contributed by atoms with Crippen LogP contribution in [-0.4, -0.2) is 46.2 Å². The maximum atomic E-state index is 12.1. The molecule has 0 bridgehead atoms. The zero-order valence-corrected chi connectivity index (χ0v) is 14.1. The number of amides is 2. The van der Waals surface area contributed by atoms with E-state index in [2.05, 4.69) is 44.6 Å². The van der Waals surface area contributed by atoms with Gasteiger partial charge in [-0.2, -0.15) is 0 Å². The number of rotatable bonds is 6. The summed E-state index contributed by atoms with van der Waals surface area (Å²) in [5, 5.41) is 17.4. The van der Waals surface area contributed by atoms with E-state index in [4.69, 9.17) is 0 Å². The highest BCUT2D eigenvalue weighted by Gasteiger charge is 2.24. The fraction of sp³-hybridized carbons (Fsp3) is 0.733. The normalized spacial score (nSPS) is 15.7. The molecule has 2 heterocycles. The zero-order chi connectivity index (χ0) is 16.8. The molecular weight excluding hydrogens is 296 g/mol. The smallest absolute Gasteiger partial charge is 0.239 e. The molecule has 8 nitrogen and oxygen atoms in total. The van der Waals surface area contributed by atoms with Gasteiger partial charge in [0.15, 0.2) is 5.82 Å². The lowest BCUT2D eigenvalue weighted by Crippen LogP contribution is -2.39. The summed E-state index contributed by atoms with van der Waals surface area (Å²) in [4.78, 5) is 23.0. The van der Waals surface area contributed by atoms with Crippen LogP contribution in [0.2, 0.25) is 0 Å². The van der Waals surface area contributed by atoms with Gasteiger partial charge in [0, 0.05) is 33.0 Å². The first kappa shape index (κ1) is 17.4. The van der Waals surface area contributed by atoms with E-state index in [0.717, 1.165) is 44.1 Å². The molecule has 1 atom stereocenters. The Morgan fingerprint density at radius 3 is 2.78 bits per heavy atom. The summed E-state index contributed by atoms with van der Waals surface area (Å²) >= 11 is 0. The van der Waals surface area contributed by atoms with Gasteiger partial charge < -0.3 is 20.5 Å². The number of aromatic nitrogens is 3. The predicted octanol–water partition coefficient (Wildman–Crippen LogP) is -0.237. The minimum absolute atomic E-state index is 0.0214. The number of carbonyl (C=O) groups excluding carboxylic acids is 2. The van der Waals surface area contributed by atoms with Crippen molar-refractivity contribution in [3.8, 4) is 0 Å². The van der Waals surface area contributed by atoms with Crippen molar-refractivity contribution in [3.05, 3.63) is 11.6 Å². The molecule has 0 saturated heterocycles. The fourth-order valence-electron chi connectivity index (χ4n) is 2.70. The molecule has 0 fully saturated rings. The van der Waals surface area contributed by atoms with Gasteiger partial charge in [-0.25, -0.2) is 0 Å². The molecule has 128 valence electrons. The maximum Gasteiger partial charge on any atom is 0.239 e. The summed E-state index contributed by atoms with van der Waals surface area (Å²) in [6, 6.07) is -0.199. The van der Waals surface area contributed by atoms with Crippen LogP contribution >= 0.6 is 0 Å². The van der Waals surface area contributed by atoms with Gasteiger partial charge in [-0.15, -0.1) is 10.2 Å². The van der Waals surface area contributed by atoms with E-state index < -0.39 is 0 Å². The van der Waals surface area contributed by atoms with E-state index >= 15 is 0 Å². The second-order valence-corrected chi connectivity index (χ2v) is 6.29. The first-order chi connectivity index (χ1) is 11.0. The van der Waals surface area contributed by atoms with Crippen molar-refractivity contribution in [2.75, 3.05) is 19.6 Å². The maximum absolute atomic E-state index is 12.1. The lowest BCUT2D eigenvalue weighted by atomic mass is 10.0. The molecule has 1 unspecified atom stereocenters. The Balaban J connectivity index is 2.13. The van der Waals surface area contributed by atoms with Crippen molar-refractivity contribution < 1.29 is 9.59 Å². The molecule has 3 N–H and O–H groups in total. The minimum Gasteiger partial charge on any atom is -0.347 e. The van der Waals surface area contributed by atoms with Gasteiger partial charge in [0.1, 0.15) is 5.82 Å². The van der Waals surface area contributed by atoms with Crippen molar-refractivity contribution in [2.45, 2.75) is 46.2 Å². The topological polar surface area (TPSA) is 101 Å². The summed E-state index contributed by atoms with van der Waals surface area (Å²) in [7, 11) is 0. The van der Waals surface area contributed by atoms with Crippen molar-refractivity contribution in [2.24, 2.45) is 5.92 Å². The van der Waals surface area contributed by atoms with Gasteiger partial charge in [-0.05, 0) is 12.3 Å². The predicted molar refractivity (Wildman–Crippen MR) is 85.6 cm³/mol. The van der Waals surface area contributed by atoms with Crippen molar-refractivity contribution in [1.29, 1.82) is 0 Å².